The molecule has 0 amide bonds. The molecule has 0 bridgehead atoms. The van der Waals surface area contributed by atoms with Gasteiger partial charge in [0.15, 0.2) is 0 Å². The van der Waals surface area contributed by atoms with E-state index in [-0.39, 0.29) is 0 Å². The Morgan fingerprint density at radius 1 is 0.810 bits per heavy atom. The van der Waals surface area contributed by atoms with Crippen LogP contribution in [0.25, 0.3) is 10.8 Å². The highest BCUT2D eigenvalue weighted by atomic mass is 16.3. The third-order valence-corrected chi connectivity index (χ3v) is 4.08. The lowest BCUT2D eigenvalue weighted by molar-refractivity contribution is 0.480. The first-order chi connectivity index (χ1) is 10.3. The fraction of sp³-hybridized carbons (Fsp3) is 0.105. The maximum Gasteiger partial charge on any atom is 0.132 e. The summed E-state index contributed by atoms with van der Waals surface area (Å²) in [5.41, 5.74) is 4.16. The molecule has 0 unspecified atom stereocenters. The molecule has 3 aromatic carbocycles. The van der Waals surface area contributed by atoms with Crippen molar-refractivity contribution in [2.45, 2.75) is 6.42 Å². The van der Waals surface area contributed by atoms with Crippen LogP contribution in [0.15, 0.2) is 65.7 Å². The van der Waals surface area contributed by atoms with Crippen LogP contribution in [-0.4, -0.2) is 17.4 Å². The SMILES string of the molecule is Oc1c(C2=NCCc3ccccc32)ccc2ccccc12. The van der Waals surface area contributed by atoms with Gasteiger partial charge in [-0.15, -0.1) is 0 Å². The summed E-state index contributed by atoms with van der Waals surface area (Å²) in [6, 6.07) is 20.2. The van der Waals surface area contributed by atoms with E-state index < -0.39 is 0 Å². The molecule has 0 aromatic heterocycles. The summed E-state index contributed by atoms with van der Waals surface area (Å²) in [5.74, 6) is 0.323. The number of hydrogen-bond donors (Lipinski definition) is 1. The van der Waals surface area contributed by atoms with Crippen molar-refractivity contribution in [3.63, 3.8) is 0 Å². The fourth-order valence-corrected chi connectivity index (χ4v) is 3.02. The zero-order valence-corrected chi connectivity index (χ0v) is 11.6. The Balaban J connectivity index is 1.95. The van der Waals surface area contributed by atoms with Gasteiger partial charge in [0, 0.05) is 23.1 Å². The van der Waals surface area contributed by atoms with E-state index in [4.69, 9.17) is 0 Å². The molecule has 21 heavy (non-hydrogen) atoms. The van der Waals surface area contributed by atoms with Crippen LogP contribution >= 0.6 is 0 Å². The van der Waals surface area contributed by atoms with E-state index in [9.17, 15) is 5.11 Å². The lowest BCUT2D eigenvalue weighted by atomic mass is 9.91. The zero-order chi connectivity index (χ0) is 14.2. The molecule has 0 saturated carbocycles. The Morgan fingerprint density at radius 2 is 1.62 bits per heavy atom. The van der Waals surface area contributed by atoms with E-state index in [2.05, 4.69) is 23.2 Å². The summed E-state index contributed by atoms with van der Waals surface area (Å²) in [4.78, 5) is 4.67. The maximum absolute atomic E-state index is 10.6. The number of aromatic hydroxyl groups is 1. The molecule has 2 heteroatoms. The lowest BCUT2D eigenvalue weighted by Crippen LogP contribution is -2.14. The van der Waals surface area contributed by atoms with Gasteiger partial charge in [-0.05, 0) is 23.4 Å². The van der Waals surface area contributed by atoms with Crippen LogP contribution in [-0.2, 0) is 6.42 Å². The van der Waals surface area contributed by atoms with E-state index in [0.717, 1.165) is 40.6 Å². The Labute approximate surface area is 123 Å². The highest BCUT2D eigenvalue weighted by Crippen LogP contribution is 2.32. The molecule has 1 heterocycles. The second-order valence-electron chi connectivity index (χ2n) is 5.32. The molecule has 0 saturated heterocycles. The van der Waals surface area contributed by atoms with Gasteiger partial charge in [-0.1, -0.05) is 54.6 Å². The molecule has 0 spiro atoms. The van der Waals surface area contributed by atoms with Gasteiger partial charge in [-0.25, -0.2) is 0 Å². The summed E-state index contributed by atoms with van der Waals surface area (Å²) in [7, 11) is 0. The minimum atomic E-state index is 0.323. The van der Waals surface area contributed by atoms with Gasteiger partial charge >= 0.3 is 0 Å². The molecule has 1 aliphatic heterocycles. The van der Waals surface area contributed by atoms with E-state index >= 15 is 0 Å². The van der Waals surface area contributed by atoms with Gasteiger partial charge in [-0.3, -0.25) is 4.99 Å². The number of nitrogens with zero attached hydrogens (tertiary/aromatic N) is 1. The fourth-order valence-electron chi connectivity index (χ4n) is 3.02. The predicted molar refractivity (Wildman–Crippen MR) is 86.3 cm³/mol. The van der Waals surface area contributed by atoms with Gasteiger partial charge in [0.1, 0.15) is 5.75 Å². The Hall–Kier alpha value is -2.61. The summed E-state index contributed by atoms with van der Waals surface area (Å²) in [6.07, 6.45) is 0.966. The van der Waals surface area contributed by atoms with Crippen LogP contribution in [0, 0.1) is 0 Å². The molecule has 102 valence electrons. The molecule has 0 radical (unpaired) electrons. The number of fused-ring (bicyclic) bond motifs is 2. The van der Waals surface area contributed by atoms with Crippen LogP contribution in [0.5, 0.6) is 5.75 Å². The first kappa shape index (κ1) is 12.2. The summed E-state index contributed by atoms with van der Waals surface area (Å²) < 4.78 is 0. The monoisotopic (exact) mass is 273 g/mol. The van der Waals surface area contributed by atoms with Gasteiger partial charge in [0.2, 0.25) is 0 Å². The maximum atomic E-state index is 10.6. The average Bonchev–Trinajstić information content (AvgIpc) is 2.55. The van der Waals surface area contributed by atoms with Crippen LogP contribution in [0.4, 0.5) is 0 Å². The van der Waals surface area contributed by atoms with Crippen molar-refractivity contribution in [2.24, 2.45) is 4.99 Å². The van der Waals surface area contributed by atoms with Gasteiger partial charge in [-0.2, -0.15) is 0 Å². The van der Waals surface area contributed by atoms with Crippen molar-refractivity contribution in [3.8, 4) is 5.75 Å². The first-order valence-corrected chi connectivity index (χ1v) is 7.18. The quantitative estimate of drug-likeness (QED) is 0.715. The Kier molecular flexibility index (Phi) is 2.74. The molecule has 0 atom stereocenters. The minimum absolute atomic E-state index is 0.323. The zero-order valence-electron chi connectivity index (χ0n) is 11.6. The van der Waals surface area contributed by atoms with Crippen LogP contribution in [0.2, 0.25) is 0 Å². The first-order valence-electron chi connectivity index (χ1n) is 7.18. The average molecular weight is 273 g/mol. The third-order valence-electron chi connectivity index (χ3n) is 4.08. The highest BCUT2D eigenvalue weighted by Gasteiger charge is 2.18. The van der Waals surface area contributed by atoms with Crippen LogP contribution < -0.4 is 0 Å². The topological polar surface area (TPSA) is 32.6 Å². The van der Waals surface area contributed by atoms with Crippen molar-refractivity contribution in [1.82, 2.24) is 0 Å². The Bertz CT molecular complexity index is 864. The third kappa shape index (κ3) is 1.91. The molecule has 4 rings (SSSR count). The van der Waals surface area contributed by atoms with Crippen LogP contribution in [0.3, 0.4) is 0 Å². The van der Waals surface area contributed by atoms with Gasteiger partial charge in [0.05, 0.1) is 5.71 Å². The number of aliphatic imine (C=N–C) groups is 1. The van der Waals surface area contributed by atoms with Crippen LogP contribution in [0.1, 0.15) is 16.7 Å². The molecule has 1 N–H and O–H groups in total. The molecular weight excluding hydrogens is 258 g/mol. The molecule has 0 aliphatic carbocycles. The lowest BCUT2D eigenvalue weighted by Gasteiger charge is -2.18. The van der Waals surface area contributed by atoms with Gasteiger partial charge < -0.3 is 5.11 Å². The number of hydrogen-bond acceptors (Lipinski definition) is 2. The smallest absolute Gasteiger partial charge is 0.132 e. The molecule has 1 aliphatic rings. The number of benzene rings is 3. The van der Waals surface area contributed by atoms with E-state index in [0.29, 0.717) is 5.75 Å². The van der Waals surface area contributed by atoms with E-state index in [1.54, 1.807) is 0 Å². The second-order valence-corrected chi connectivity index (χ2v) is 5.32. The minimum Gasteiger partial charge on any atom is -0.507 e. The number of rotatable bonds is 1. The normalized spacial score (nSPS) is 13.8. The Morgan fingerprint density at radius 3 is 2.57 bits per heavy atom. The number of phenolic OH excluding ortho intramolecular Hbond substituents is 1. The molecule has 0 fully saturated rings. The highest BCUT2D eigenvalue weighted by molar-refractivity contribution is 6.17. The van der Waals surface area contributed by atoms with Crippen molar-refractivity contribution < 1.29 is 5.11 Å². The van der Waals surface area contributed by atoms with E-state index in [1.807, 2.05) is 42.5 Å². The molecule has 3 aromatic rings. The summed E-state index contributed by atoms with van der Waals surface area (Å²) in [6.45, 7) is 0.776. The molecule has 2 nitrogen and oxygen atoms in total. The molecular formula is C19H15NO. The van der Waals surface area contributed by atoms with Crippen molar-refractivity contribution in [1.29, 1.82) is 0 Å². The van der Waals surface area contributed by atoms with Gasteiger partial charge in [0.25, 0.3) is 0 Å². The summed E-state index contributed by atoms with van der Waals surface area (Å²) in [5, 5.41) is 12.6. The summed E-state index contributed by atoms with van der Waals surface area (Å²) >= 11 is 0. The predicted octanol–water partition coefficient (Wildman–Crippen LogP) is 3.94. The van der Waals surface area contributed by atoms with Crippen molar-refractivity contribution in [3.05, 3.63) is 77.4 Å². The largest absolute Gasteiger partial charge is 0.507 e. The standard InChI is InChI=1S/C19H15NO/c21-19-16-8-4-2-5-13(16)9-10-17(19)18-15-7-3-1-6-14(15)11-12-20-18/h1-10,21H,11-12H2. The van der Waals surface area contributed by atoms with Crippen molar-refractivity contribution in [2.75, 3.05) is 6.54 Å². The van der Waals surface area contributed by atoms with E-state index in [1.165, 1.54) is 5.56 Å². The van der Waals surface area contributed by atoms with Crippen molar-refractivity contribution >= 4 is 16.5 Å². The second kappa shape index (κ2) is 4.74. The number of phenols is 1.